The van der Waals surface area contributed by atoms with Crippen LogP contribution in [-0.4, -0.2) is 37.6 Å². The van der Waals surface area contributed by atoms with E-state index in [1.54, 1.807) is 0 Å². The molecule has 2 nitrogen and oxygen atoms in total. The lowest BCUT2D eigenvalue weighted by Crippen LogP contribution is -2.47. The smallest absolute Gasteiger partial charge is 0.0201 e. The van der Waals surface area contributed by atoms with Crippen molar-refractivity contribution in [2.45, 2.75) is 45.6 Å². The molecule has 0 aromatic heterocycles. The summed E-state index contributed by atoms with van der Waals surface area (Å²) in [7, 11) is 2.25. The minimum absolute atomic E-state index is 0.637. The van der Waals surface area contributed by atoms with Gasteiger partial charge in [0.15, 0.2) is 0 Å². The number of aryl methyl sites for hydroxylation is 1. The van der Waals surface area contributed by atoms with E-state index in [4.69, 9.17) is 0 Å². The zero-order valence-electron chi connectivity index (χ0n) is 13.5. The van der Waals surface area contributed by atoms with Gasteiger partial charge in [-0.3, -0.25) is 0 Å². The highest BCUT2D eigenvalue weighted by Crippen LogP contribution is 2.27. The van der Waals surface area contributed by atoms with Gasteiger partial charge in [0.1, 0.15) is 0 Å². The van der Waals surface area contributed by atoms with E-state index < -0.39 is 0 Å². The van der Waals surface area contributed by atoms with E-state index >= 15 is 0 Å². The Morgan fingerprint density at radius 1 is 1.30 bits per heavy atom. The zero-order valence-corrected chi connectivity index (χ0v) is 13.5. The van der Waals surface area contributed by atoms with E-state index in [-0.39, 0.29) is 0 Å². The first kappa shape index (κ1) is 15.5. The third kappa shape index (κ3) is 4.60. The second kappa shape index (κ2) is 7.24. The van der Waals surface area contributed by atoms with Crippen LogP contribution in [-0.2, 0) is 0 Å². The molecule has 1 aromatic carbocycles. The van der Waals surface area contributed by atoms with E-state index in [0.29, 0.717) is 12.0 Å². The molecule has 20 heavy (non-hydrogen) atoms. The van der Waals surface area contributed by atoms with Crippen molar-refractivity contribution in [1.29, 1.82) is 0 Å². The average molecular weight is 274 g/mol. The molecule has 1 aliphatic rings. The number of likely N-dealkylation sites (N-methyl/N-ethyl adjacent to an activating group) is 1. The van der Waals surface area contributed by atoms with Crippen LogP contribution in [0.1, 0.15) is 43.7 Å². The molecule has 1 fully saturated rings. The van der Waals surface area contributed by atoms with Gasteiger partial charge in [-0.2, -0.15) is 0 Å². The molecule has 0 aliphatic carbocycles. The van der Waals surface area contributed by atoms with Crippen molar-refractivity contribution in [1.82, 2.24) is 10.2 Å². The van der Waals surface area contributed by atoms with Gasteiger partial charge in [-0.1, -0.05) is 43.7 Å². The Balaban J connectivity index is 1.94. The van der Waals surface area contributed by atoms with Crippen molar-refractivity contribution < 1.29 is 0 Å². The van der Waals surface area contributed by atoms with Gasteiger partial charge >= 0.3 is 0 Å². The minimum atomic E-state index is 0.637. The predicted octanol–water partition coefficient (Wildman–Crippen LogP) is 3.42. The fourth-order valence-corrected chi connectivity index (χ4v) is 3.21. The molecular weight excluding hydrogens is 244 g/mol. The van der Waals surface area contributed by atoms with Gasteiger partial charge < -0.3 is 10.2 Å². The molecule has 0 amide bonds. The van der Waals surface area contributed by atoms with Crippen molar-refractivity contribution in [3.05, 3.63) is 35.4 Å². The molecule has 0 saturated carbocycles. The summed E-state index contributed by atoms with van der Waals surface area (Å²) in [5, 5.41) is 3.76. The Morgan fingerprint density at radius 3 is 2.80 bits per heavy atom. The van der Waals surface area contributed by atoms with Crippen molar-refractivity contribution in [2.75, 3.05) is 26.7 Å². The molecular formula is C18H30N2. The van der Waals surface area contributed by atoms with E-state index in [2.05, 4.69) is 62.3 Å². The molecule has 0 radical (unpaired) electrons. The number of benzene rings is 1. The molecule has 1 N–H and O–H groups in total. The Kier molecular flexibility index (Phi) is 5.62. The number of likely N-dealkylation sites (tertiary alicyclic amines) is 1. The Hall–Kier alpha value is -0.860. The average Bonchev–Trinajstić information content (AvgIpc) is 2.37. The number of nitrogens with one attached hydrogen (secondary N) is 1. The number of piperidine rings is 1. The first-order chi connectivity index (χ1) is 9.54. The van der Waals surface area contributed by atoms with E-state index in [1.807, 2.05) is 0 Å². The fourth-order valence-electron chi connectivity index (χ4n) is 3.21. The van der Waals surface area contributed by atoms with Crippen molar-refractivity contribution in [3.8, 4) is 0 Å². The lowest BCUT2D eigenvalue weighted by atomic mass is 9.87. The van der Waals surface area contributed by atoms with E-state index in [0.717, 1.165) is 12.5 Å². The standard InChI is InChI=1S/C18H30N2/c1-14(2)8-9-19-18-11-17(12-20(4)13-18)16-7-5-6-15(3)10-16/h5-7,10,14,17-19H,8-9,11-13H2,1-4H3. The van der Waals surface area contributed by atoms with Gasteiger partial charge in [-0.15, -0.1) is 0 Å². The molecule has 2 heteroatoms. The summed E-state index contributed by atoms with van der Waals surface area (Å²) in [6.45, 7) is 10.3. The van der Waals surface area contributed by atoms with Gasteiger partial charge in [-0.05, 0) is 50.8 Å². The van der Waals surface area contributed by atoms with Crippen LogP contribution in [0.4, 0.5) is 0 Å². The lowest BCUT2D eigenvalue weighted by Gasteiger charge is -2.36. The van der Waals surface area contributed by atoms with Crippen LogP contribution < -0.4 is 5.32 Å². The van der Waals surface area contributed by atoms with Gasteiger partial charge in [0, 0.05) is 19.1 Å². The molecule has 1 aromatic rings. The highest BCUT2D eigenvalue weighted by atomic mass is 15.1. The molecule has 1 saturated heterocycles. The highest BCUT2D eigenvalue weighted by molar-refractivity contribution is 5.26. The maximum absolute atomic E-state index is 3.76. The highest BCUT2D eigenvalue weighted by Gasteiger charge is 2.25. The summed E-state index contributed by atoms with van der Waals surface area (Å²) in [5.74, 6) is 1.46. The van der Waals surface area contributed by atoms with Crippen molar-refractivity contribution >= 4 is 0 Å². The molecule has 0 spiro atoms. The number of hydrogen-bond donors (Lipinski definition) is 1. The summed E-state index contributed by atoms with van der Waals surface area (Å²) >= 11 is 0. The lowest BCUT2D eigenvalue weighted by molar-refractivity contribution is 0.203. The monoisotopic (exact) mass is 274 g/mol. The number of hydrogen-bond acceptors (Lipinski definition) is 2. The van der Waals surface area contributed by atoms with E-state index in [1.165, 1.54) is 37.1 Å². The number of rotatable bonds is 5. The molecule has 1 heterocycles. The molecule has 0 bridgehead atoms. The largest absolute Gasteiger partial charge is 0.313 e. The molecule has 2 rings (SSSR count). The second-order valence-corrected chi connectivity index (χ2v) is 6.90. The summed E-state index contributed by atoms with van der Waals surface area (Å²) in [4.78, 5) is 2.48. The minimum Gasteiger partial charge on any atom is -0.313 e. The maximum Gasteiger partial charge on any atom is 0.0201 e. The van der Waals surface area contributed by atoms with Crippen LogP contribution in [0, 0.1) is 12.8 Å². The third-order valence-corrected chi connectivity index (χ3v) is 4.30. The quantitative estimate of drug-likeness (QED) is 0.885. The second-order valence-electron chi connectivity index (χ2n) is 6.90. The van der Waals surface area contributed by atoms with E-state index in [9.17, 15) is 0 Å². The zero-order chi connectivity index (χ0) is 14.5. The van der Waals surface area contributed by atoms with Gasteiger partial charge in [-0.25, -0.2) is 0 Å². The summed E-state index contributed by atoms with van der Waals surface area (Å²) < 4.78 is 0. The van der Waals surface area contributed by atoms with Crippen LogP contribution in [0.3, 0.4) is 0 Å². The first-order valence-electron chi connectivity index (χ1n) is 8.03. The Labute approximate surface area is 124 Å². The summed E-state index contributed by atoms with van der Waals surface area (Å²) in [6.07, 6.45) is 2.54. The van der Waals surface area contributed by atoms with Crippen LogP contribution in [0.15, 0.2) is 24.3 Å². The molecule has 112 valence electrons. The van der Waals surface area contributed by atoms with Gasteiger partial charge in [0.25, 0.3) is 0 Å². The molecule has 1 aliphatic heterocycles. The van der Waals surface area contributed by atoms with Crippen LogP contribution >= 0.6 is 0 Å². The first-order valence-corrected chi connectivity index (χ1v) is 8.03. The van der Waals surface area contributed by atoms with Crippen LogP contribution in [0.25, 0.3) is 0 Å². The van der Waals surface area contributed by atoms with Crippen LogP contribution in [0.5, 0.6) is 0 Å². The van der Waals surface area contributed by atoms with Gasteiger partial charge in [0.2, 0.25) is 0 Å². The normalized spacial score (nSPS) is 24.2. The number of nitrogens with zero attached hydrogens (tertiary/aromatic N) is 1. The maximum atomic E-state index is 3.76. The fraction of sp³-hybridized carbons (Fsp3) is 0.667. The third-order valence-electron chi connectivity index (χ3n) is 4.30. The summed E-state index contributed by atoms with van der Waals surface area (Å²) in [5.41, 5.74) is 2.88. The molecule has 2 unspecified atom stereocenters. The predicted molar refractivity (Wildman–Crippen MR) is 87.3 cm³/mol. The summed E-state index contributed by atoms with van der Waals surface area (Å²) in [6, 6.07) is 9.67. The topological polar surface area (TPSA) is 15.3 Å². The Morgan fingerprint density at radius 2 is 2.10 bits per heavy atom. The van der Waals surface area contributed by atoms with Crippen molar-refractivity contribution in [2.24, 2.45) is 5.92 Å². The SMILES string of the molecule is Cc1cccc(C2CC(NCCC(C)C)CN(C)C2)c1. The van der Waals surface area contributed by atoms with Crippen molar-refractivity contribution in [3.63, 3.8) is 0 Å². The van der Waals surface area contributed by atoms with Crippen LogP contribution in [0.2, 0.25) is 0 Å². The van der Waals surface area contributed by atoms with Gasteiger partial charge in [0.05, 0.1) is 0 Å². The molecule has 2 atom stereocenters. The Bertz CT molecular complexity index is 414.